The van der Waals surface area contributed by atoms with Gasteiger partial charge in [0.1, 0.15) is 0 Å². The van der Waals surface area contributed by atoms with Crippen molar-refractivity contribution in [2.75, 3.05) is 19.8 Å². The van der Waals surface area contributed by atoms with Gasteiger partial charge in [-0.3, -0.25) is 0 Å². The van der Waals surface area contributed by atoms with E-state index in [1.165, 1.54) is 24.0 Å². The molecule has 2 rings (SSSR count). The molecule has 0 saturated heterocycles. The van der Waals surface area contributed by atoms with Gasteiger partial charge in [0.2, 0.25) is 0 Å². The Morgan fingerprint density at radius 3 is 2.80 bits per heavy atom. The lowest BCUT2D eigenvalue weighted by Gasteiger charge is -2.23. The Balaban J connectivity index is 1.95. The molecule has 0 aromatic heterocycles. The van der Waals surface area contributed by atoms with Gasteiger partial charge in [-0.2, -0.15) is 0 Å². The van der Waals surface area contributed by atoms with E-state index >= 15 is 0 Å². The molecule has 1 saturated carbocycles. The Morgan fingerprint density at radius 2 is 2.15 bits per heavy atom. The van der Waals surface area contributed by atoms with Crippen LogP contribution in [0.25, 0.3) is 0 Å². The lowest BCUT2D eigenvalue weighted by Crippen LogP contribution is -2.29. The van der Waals surface area contributed by atoms with Gasteiger partial charge < -0.3 is 14.8 Å². The van der Waals surface area contributed by atoms with Gasteiger partial charge >= 0.3 is 0 Å². The predicted octanol–water partition coefficient (Wildman–Crippen LogP) is 3.23. The minimum atomic E-state index is 0.103. The first-order valence-electron chi connectivity index (χ1n) is 7.72. The third-order valence-electron chi connectivity index (χ3n) is 3.54. The summed E-state index contributed by atoms with van der Waals surface area (Å²) in [7, 11) is 0. The first-order chi connectivity index (χ1) is 9.69. The molecule has 2 atom stereocenters. The topological polar surface area (TPSA) is 30.5 Å². The fourth-order valence-electron chi connectivity index (χ4n) is 2.28. The second-order valence-electron chi connectivity index (χ2n) is 5.69. The summed E-state index contributed by atoms with van der Waals surface area (Å²) in [5, 5.41) is 3.57. The van der Waals surface area contributed by atoms with E-state index in [4.69, 9.17) is 9.47 Å². The highest BCUT2D eigenvalue weighted by molar-refractivity contribution is 5.24. The van der Waals surface area contributed by atoms with Gasteiger partial charge in [-0.05, 0) is 39.2 Å². The van der Waals surface area contributed by atoms with Crippen LogP contribution in [0.1, 0.15) is 43.9 Å². The summed E-state index contributed by atoms with van der Waals surface area (Å²) in [5.74, 6) is 0. The smallest absolute Gasteiger partial charge is 0.0954 e. The number of nitrogens with one attached hydrogen (secondary N) is 1. The van der Waals surface area contributed by atoms with Crippen LogP contribution in [0.15, 0.2) is 24.3 Å². The number of hydrogen-bond acceptors (Lipinski definition) is 3. The number of aryl methyl sites for hydroxylation is 1. The fourth-order valence-corrected chi connectivity index (χ4v) is 2.28. The van der Waals surface area contributed by atoms with Crippen molar-refractivity contribution in [2.45, 2.75) is 51.9 Å². The number of benzene rings is 1. The zero-order chi connectivity index (χ0) is 14.4. The highest BCUT2D eigenvalue weighted by Gasteiger charge is 2.23. The van der Waals surface area contributed by atoms with Crippen molar-refractivity contribution in [2.24, 2.45) is 0 Å². The van der Waals surface area contributed by atoms with Gasteiger partial charge in [0.15, 0.2) is 0 Å². The highest BCUT2D eigenvalue weighted by Crippen LogP contribution is 2.23. The maximum Gasteiger partial charge on any atom is 0.0954 e. The largest absolute Gasteiger partial charge is 0.379 e. The molecular weight excluding hydrogens is 250 g/mol. The summed E-state index contributed by atoms with van der Waals surface area (Å²) in [6, 6.07) is 9.30. The van der Waals surface area contributed by atoms with Gasteiger partial charge in [0, 0.05) is 19.2 Å². The third-order valence-corrected chi connectivity index (χ3v) is 3.54. The van der Waals surface area contributed by atoms with Crippen LogP contribution in [-0.4, -0.2) is 31.9 Å². The molecule has 0 radical (unpaired) electrons. The van der Waals surface area contributed by atoms with Crippen molar-refractivity contribution in [3.63, 3.8) is 0 Å². The number of ether oxygens (including phenoxy) is 2. The maximum absolute atomic E-state index is 6.18. The predicted molar refractivity (Wildman–Crippen MR) is 82.0 cm³/mol. The lowest BCUT2D eigenvalue weighted by molar-refractivity contribution is -0.0471. The van der Waals surface area contributed by atoms with Crippen LogP contribution in [0.5, 0.6) is 0 Å². The first-order valence-corrected chi connectivity index (χ1v) is 7.72. The minimum Gasteiger partial charge on any atom is -0.379 e. The summed E-state index contributed by atoms with van der Waals surface area (Å²) in [4.78, 5) is 0. The minimum absolute atomic E-state index is 0.103. The molecule has 1 fully saturated rings. The summed E-state index contributed by atoms with van der Waals surface area (Å²) in [5.41, 5.74) is 2.53. The molecule has 1 aliphatic rings. The molecule has 0 aliphatic heterocycles. The number of hydrogen-bond donors (Lipinski definition) is 1. The molecule has 0 heterocycles. The van der Waals surface area contributed by atoms with E-state index in [-0.39, 0.29) is 12.2 Å². The first kappa shape index (κ1) is 15.5. The second-order valence-corrected chi connectivity index (χ2v) is 5.69. The molecule has 112 valence electrons. The Labute approximate surface area is 122 Å². The van der Waals surface area contributed by atoms with Crippen LogP contribution in [0.4, 0.5) is 0 Å². The fraction of sp³-hybridized carbons (Fsp3) is 0.647. The summed E-state index contributed by atoms with van der Waals surface area (Å²) >= 11 is 0. The highest BCUT2D eigenvalue weighted by atomic mass is 16.5. The van der Waals surface area contributed by atoms with Gasteiger partial charge in [-0.15, -0.1) is 0 Å². The van der Waals surface area contributed by atoms with Crippen LogP contribution in [0.2, 0.25) is 0 Å². The van der Waals surface area contributed by atoms with E-state index in [1.54, 1.807) is 0 Å². The molecule has 1 N–H and O–H groups in total. The van der Waals surface area contributed by atoms with Gasteiger partial charge in [0.05, 0.1) is 18.8 Å². The van der Waals surface area contributed by atoms with Crippen LogP contribution < -0.4 is 5.32 Å². The van der Waals surface area contributed by atoms with Crippen molar-refractivity contribution in [1.82, 2.24) is 5.32 Å². The second kappa shape index (κ2) is 7.77. The summed E-state index contributed by atoms with van der Waals surface area (Å²) in [6.07, 6.45) is 2.82. The zero-order valence-electron chi connectivity index (χ0n) is 12.9. The van der Waals surface area contributed by atoms with Crippen LogP contribution in [0, 0.1) is 6.92 Å². The molecule has 0 bridgehead atoms. The van der Waals surface area contributed by atoms with E-state index in [0.717, 1.165) is 13.2 Å². The average Bonchev–Trinajstić information content (AvgIpc) is 3.25. The summed E-state index contributed by atoms with van der Waals surface area (Å²) in [6.45, 7) is 8.49. The van der Waals surface area contributed by atoms with Crippen molar-refractivity contribution in [3.05, 3.63) is 35.4 Å². The molecule has 0 amide bonds. The number of rotatable bonds is 9. The van der Waals surface area contributed by atoms with E-state index in [0.29, 0.717) is 12.6 Å². The zero-order valence-corrected chi connectivity index (χ0v) is 12.9. The van der Waals surface area contributed by atoms with E-state index < -0.39 is 0 Å². The molecule has 1 aromatic carbocycles. The SMILES string of the molecule is CCOCC(C)OC(CNC1CC1)c1cccc(C)c1. The Bertz CT molecular complexity index is 404. The van der Waals surface area contributed by atoms with E-state index in [1.807, 2.05) is 6.92 Å². The van der Waals surface area contributed by atoms with Gasteiger partial charge in [-0.25, -0.2) is 0 Å². The normalized spacial score (nSPS) is 17.9. The van der Waals surface area contributed by atoms with Gasteiger partial charge in [-0.1, -0.05) is 29.8 Å². The van der Waals surface area contributed by atoms with Gasteiger partial charge in [0.25, 0.3) is 0 Å². The van der Waals surface area contributed by atoms with E-state index in [9.17, 15) is 0 Å². The standard InChI is InChI=1S/C17H27NO2/c1-4-19-12-14(3)20-17(11-18-16-8-9-16)15-7-5-6-13(2)10-15/h5-7,10,14,16-18H,4,8-9,11-12H2,1-3H3. The lowest BCUT2D eigenvalue weighted by atomic mass is 10.1. The Morgan fingerprint density at radius 1 is 1.35 bits per heavy atom. The molecule has 1 aromatic rings. The van der Waals surface area contributed by atoms with Crippen molar-refractivity contribution in [1.29, 1.82) is 0 Å². The van der Waals surface area contributed by atoms with Crippen LogP contribution >= 0.6 is 0 Å². The maximum atomic E-state index is 6.18. The quantitative estimate of drug-likeness (QED) is 0.751. The van der Waals surface area contributed by atoms with Crippen LogP contribution in [0.3, 0.4) is 0 Å². The Kier molecular flexibility index (Phi) is 6.02. The monoisotopic (exact) mass is 277 g/mol. The van der Waals surface area contributed by atoms with Crippen molar-refractivity contribution in [3.8, 4) is 0 Å². The Hall–Kier alpha value is -0.900. The van der Waals surface area contributed by atoms with Crippen LogP contribution in [-0.2, 0) is 9.47 Å². The molecular formula is C17H27NO2. The molecule has 3 nitrogen and oxygen atoms in total. The molecule has 20 heavy (non-hydrogen) atoms. The molecule has 1 aliphatic carbocycles. The third kappa shape index (κ3) is 5.23. The molecule has 2 unspecified atom stereocenters. The van der Waals surface area contributed by atoms with E-state index in [2.05, 4.69) is 43.4 Å². The molecule has 0 spiro atoms. The van der Waals surface area contributed by atoms with Crippen molar-refractivity contribution >= 4 is 0 Å². The summed E-state index contributed by atoms with van der Waals surface area (Å²) < 4.78 is 11.6. The van der Waals surface area contributed by atoms with Crippen molar-refractivity contribution < 1.29 is 9.47 Å². The molecule has 3 heteroatoms. The average molecular weight is 277 g/mol.